The van der Waals surface area contributed by atoms with Crippen molar-refractivity contribution in [2.45, 2.75) is 50.7 Å². The zero-order valence-electron chi connectivity index (χ0n) is 16.2. The number of aliphatic imine (C=N–C) groups is 1. The molecule has 1 heterocycles. The fourth-order valence-corrected chi connectivity index (χ4v) is 2.54. The van der Waals surface area contributed by atoms with Crippen LogP contribution in [0.2, 0.25) is 0 Å². The average molecular weight is 412 g/mol. The Hall–Kier alpha value is -3.38. The van der Waals surface area contributed by atoms with Crippen molar-refractivity contribution >= 4 is 35.5 Å². The Morgan fingerprint density at radius 1 is 0.966 bits per heavy atom. The van der Waals surface area contributed by atoms with E-state index in [4.69, 9.17) is 17.2 Å². The third-order valence-electron chi connectivity index (χ3n) is 4.08. The molecular weight excluding hydrogens is 384 g/mol. The minimum absolute atomic E-state index is 0.0391. The summed E-state index contributed by atoms with van der Waals surface area (Å²) in [6.45, 7) is 1.28. The van der Waals surface area contributed by atoms with E-state index in [1.54, 1.807) is 0 Å². The molecular formula is C16H28N8O5. The number of rotatable bonds is 7. The summed E-state index contributed by atoms with van der Waals surface area (Å²) >= 11 is 0. The molecule has 13 nitrogen and oxygen atoms in total. The molecule has 5 amide bonds. The lowest BCUT2D eigenvalue weighted by molar-refractivity contribution is -0.135. The molecule has 0 saturated carbocycles. The summed E-state index contributed by atoms with van der Waals surface area (Å²) in [5, 5.41) is 9.83. The molecule has 0 radical (unpaired) electrons. The van der Waals surface area contributed by atoms with Crippen LogP contribution in [0.5, 0.6) is 0 Å². The minimum Gasteiger partial charge on any atom is -0.370 e. The Labute approximate surface area is 167 Å². The van der Waals surface area contributed by atoms with E-state index in [1.807, 2.05) is 0 Å². The SMILES string of the molecule is C[C@@H]1NC(=O)[C@@H](CCC(N)=O)NC(=O)CNC(=O)[C@@H](CCCN=C(N)N)NC1=O. The number of hydrogen-bond acceptors (Lipinski definition) is 6. The van der Waals surface area contributed by atoms with Crippen molar-refractivity contribution in [2.24, 2.45) is 22.2 Å². The van der Waals surface area contributed by atoms with Crippen LogP contribution in [0.15, 0.2) is 4.99 Å². The highest BCUT2D eigenvalue weighted by Gasteiger charge is 2.29. The van der Waals surface area contributed by atoms with E-state index in [0.717, 1.165) is 0 Å². The largest absolute Gasteiger partial charge is 0.370 e. The van der Waals surface area contributed by atoms with Gasteiger partial charge in [0.15, 0.2) is 5.96 Å². The summed E-state index contributed by atoms with van der Waals surface area (Å²) in [6.07, 6.45) is 0.446. The number of nitrogens with zero attached hydrogens (tertiary/aromatic N) is 1. The first-order valence-corrected chi connectivity index (χ1v) is 9.11. The Balaban J connectivity index is 2.87. The number of guanidine groups is 1. The van der Waals surface area contributed by atoms with Crippen molar-refractivity contribution < 1.29 is 24.0 Å². The normalized spacial score (nSPS) is 23.4. The van der Waals surface area contributed by atoms with Crippen molar-refractivity contribution in [3.05, 3.63) is 0 Å². The molecule has 3 atom stereocenters. The molecule has 0 unspecified atom stereocenters. The molecule has 0 aromatic carbocycles. The molecule has 1 rings (SSSR count). The molecule has 1 aliphatic heterocycles. The molecule has 0 spiro atoms. The van der Waals surface area contributed by atoms with Crippen LogP contribution in [0.25, 0.3) is 0 Å². The number of amides is 5. The van der Waals surface area contributed by atoms with Crippen LogP contribution < -0.4 is 38.5 Å². The van der Waals surface area contributed by atoms with Crippen molar-refractivity contribution in [1.29, 1.82) is 0 Å². The topological polar surface area (TPSA) is 224 Å². The van der Waals surface area contributed by atoms with E-state index in [0.29, 0.717) is 6.42 Å². The molecule has 0 bridgehead atoms. The smallest absolute Gasteiger partial charge is 0.243 e. The minimum atomic E-state index is -1.07. The second kappa shape index (κ2) is 11.5. The van der Waals surface area contributed by atoms with Crippen LogP contribution in [0.1, 0.15) is 32.6 Å². The summed E-state index contributed by atoms with van der Waals surface area (Å²) < 4.78 is 0. The number of nitrogens with two attached hydrogens (primary N) is 3. The van der Waals surface area contributed by atoms with Gasteiger partial charge in [0.25, 0.3) is 0 Å². The summed E-state index contributed by atoms with van der Waals surface area (Å²) in [7, 11) is 0. The van der Waals surface area contributed by atoms with Gasteiger partial charge in [-0.05, 0) is 26.2 Å². The van der Waals surface area contributed by atoms with Crippen LogP contribution in [0.3, 0.4) is 0 Å². The lowest BCUT2D eigenvalue weighted by Crippen LogP contribution is -2.58. The molecule has 1 fully saturated rings. The van der Waals surface area contributed by atoms with Crippen LogP contribution in [-0.4, -0.2) is 66.7 Å². The number of carbonyl (C=O) groups excluding carboxylic acids is 5. The summed E-state index contributed by atoms with van der Waals surface area (Å²) in [6, 6.07) is -2.99. The second-order valence-electron chi connectivity index (χ2n) is 6.58. The number of nitrogens with one attached hydrogen (secondary N) is 4. The first kappa shape index (κ1) is 23.7. The first-order valence-electron chi connectivity index (χ1n) is 9.11. The lowest BCUT2D eigenvalue weighted by atomic mass is 10.1. The van der Waals surface area contributed by atoms with Crippen LogP contribution in [0, 0.1) is 0 Å². The van der Waals surface area contributed by atoms with Gasteiger partial charge in [-0.2, -0.15) is 0 Å². The predicted octanol–water partition coefficient (Wildman–Crippen LogP) is -4.09. The van der Waals surface area contributed by atoms with E-state index in [-0.39, 0.29) is 31.8 Å². The fraction of sp³-hybridized carbons (Fsp3) is 0.625. The van der Waals surface area contributed by atoms with Crippen molar-refractivity contribution in [2.75, 3.05) is 13.1 Å². The summed E-state index contributed by atoms with van der Waals surface area (Å²) in [5.74, 6) is -3.14. The van der Waals surface area contributed by atoms with Gasteiger partial charge in [0.1, 0.15) is 18.1 Å². The van der Waals surface area contributed by atoms with Gasteiger partial charge in [-0.25, -0.2) is 0 Å². The monoisotopic (exact) mass is 412 g/mol. The highest BCUT2D eigenvalue weighted by Crippen LogP contribution is 2.03. The van der Waals surface area contributed by atoms with Crippen LogP contribution in [0.4, 0.5) is 0 Å². The van der Waals surface area contributed by atoms with Gasteiger partial charge < -0.3 is 38.5 Å². The molecule has 13 heteroatoms. The summed E-state index contributed by atoms with van der Waals surface area (Å²) in [4.78, 5) is 64.0. The zero-order valence-corrected chi connectivity index (χ0v) is 16.2. The number of primary amides is 1. The van der Waals surface area contributed by atoms with E-state index >= 15 is 0 Å². The average Bonchev–Trinajstić information content (AvgIpc) is 2.63. The lowest BCUT2D eigenvalue weighted by Gasteiger charge is -2.25. The second-order valence-corrected chi connectivity index (χ2v) is 6.58. The maximum atomic E-state index is 12.4. The first-order chi connectivity index (χ1) is 13.6. The Morgan fingerprint density at radius 3 is 2.24 bits per heavy atom. The highest BCUT2D eigenvalue weighted by atomic mass is 16.2. The molecule has 1 aliphatic rings. The molecule has 0 aromatic rings. The van der Waals surface area contributed by atoms with Gasteiger partial charge >= 0.3 is 0 Å². The van der Waals surface area contributed by atoms with E-state index in [1.165, 1.54) is 6.92 Å². The van der Waals surface area contributed by atoms with E-state index in [2.05, 4.69) is 26.3 Å². The quantitative estimate of drug-likeness (QED) is 0.124. The van der Waals surface area contributed by atoms with Gasteiger partial charge in [0.2, 0.25) is 29.5 Å². The Morgan fingerprint density at radius 2 is 1.62 bits per heavy atom. The number of hydrogen-bond donors (Lipinski definition) is 7. The third-order valence-corrected chi connectivity index (χ3v) is 4.08. The zero-order chi connectivity index (χ0) is 22.0. The van der Waals surface area contributed by atoms with Gasteiger partial charge in [-0.1, -0.05) is 0 Å². The van der Waals surface area contributed by atoms with Crippen molar-refractivity contribution in [3.8, 4) is 0 Å². The molecule has 0 aromatic heterocycles. The highest BCUT2D eigenvalue weighted by molar-refractivity contribution is 5.96. The van der Waals surface area contributed by atoms with Crippen molar-refractivity contribution in [1.82, 2.24) is 21.3 Å². The van der Waals surface area contributed by atoms with E-state index < -0.39 is 54.2 Å². The molecule has 162 valence electrons. The van der Waals surface area contributed by atoms with Crippen LogP contribution in [-0.2, 0) is 24.0 Å². The van der Waals surface area contributed by atoms with Gasteiger partial charge in [0.05, 0.1) is 6.54 Å². The van der Waals surface area contributed by atoms with Gasteiger partial charge in [0, 0.05) is 13.0 Å². The standard InChI is InChI=1S/C16H28N8O5/c1-8-13(27)24-9(3-2-6-20-16(18)19)14(28)21-7-12(26)23-10(15(29)22-8)4-5-11(17)25/h8-10H,2-7H2,1H3,(H2,17,25)(H,21,28)(H,22,29)(H,23,26)(H,24,27)(H4,18,19,20)/t8-,9+,10+/m0/s1. The van der Waals surface area contributed by atoms with E-state index in [9.17, 15) is 24.0 Å². The molecule has 0 aliphatic carbocycles. The van der Waals surface area contributed by atoms with Crippen molar-refractivity contribution in [3.63, 3.8) is 0 Å². The summed E-state index contributed by atoms with van der Waals surface area (Å²) in [5.41, 5.74) is 15.6. The molecule has 1 saturated heterocycles. The fourth-order valence-electron chi connectivity index (χ4n) is 2.54. The molecule has 29 heavy (non-hydrogen) atoms. The number of carbonyl (C=O) groups is 5. The predicted molar refractivity (Wildman–Crippen MR) is 103 cm³/mol. The Bertz CT molecular complexity index is 676. The van der Waals surface area contributed by atoms with Gasteiger partial charge in [-0.3, -0.25) is 29.0 Å². The van der Waals surface area contributed by atoms with Crippen LogP contribution >= 0.6 is 0 Å². The maximum absolute atomic E-state index is 12.4. The maximum Gasteiger partial charge on any atom is 0.243 e. The van der Waals surface area contributed by atoms with Gasteiger partial charge in [-0.15, -0.1) is 0 Å². The Kier molecular flexibility index (Phi) is 9.35. The molecule has 10 N–H and O–H groups in total. The third kappa shape index (κ3) is 8.90.